The molecule has 31 heavy (non-hydrogen) atoms. The molecule has 162 valence electrons. The lowest BCUT2D eigenvalue weighted by atomic mass is 10.1. The highest BCUT2D eigenvalue weighted by molar-refractivity contribution is 6.30. The Morgan fingerprint density at radius 1 is 1.03 bits per heavy atom. The first kappa shape index (κ1) is 22.2. The van der Waals surface area contributed by atoms with E-state index < -0.39 is 48.1 Å². The fraction of sp³-hybridized carbons (Fsp3) is 0.150. The molecule has 0 saturated carbocycles. The molecule has 3 aromatic rings. The minimum atomic E-state index is -4.74. The summed E-state index contributed by atoms with van der Waals surface area (Å²) in [6.45, 7) is -1.40. The fourth-order valence-corrected chi connectivity index (χ4v) is 2.68. The summed E-state index contributed by atoms with van der Waals surface area (Å²) in [4.78, 5) is 34.9. The van der Waals surface area contributed by atoms with E-state index in [1.165, 1.54) is 24.3 Å². The molecule has 1 N–H and O–H groups in total. The van der Waals surface area contributed by atoms with E-state index >= 15 is 0 Å². The van der Waals surface area contributed by atoms with Gasteiger partial charge in [-0.25, -0.2) is 9.59 Å². The number of fused-ring (bicyclic) bond motifs is 1. The van der Waals surface area contributed by atoms with Gasteiger partial charge in [0.05, 0.1) is 11.3 Å². The van der Waals surface area contributed by atoms with E-state index in [1.807, 2.05) is 5.32 Å². The molecule has 7 nitrogen and oxygen atoms in total. The molecule has 0 bridgehead atoms. The molecule has 0 radical (unpaired) electrons. The number of amides is 1. The van der Waals surface area contributed by atoms with Gasteiger partial charge in [-0.3, -0.25) is 4.79 Å². The second-order valence-corrected chi connectivity index (χ2v) is 6.58. The van der Waals surface area contributed by atoms with Crippen LogP contribution in [0.25, 0.3) is 11.0 Å². The molecule has 0 unspecified atom stereocenters. The maximum atomic E-state index is 13.0. The number of carbonyl (C=O) groups is 2. The van der Waals surface area contributed by atoms with Crippen LogP contribution >= 0.6 is 11.6 Å². The number of alkyl halides is 3. The maximum Gasteiger partial charge on any atom is 0.418 e. The van der Waals surface area contributed by atoms with Crippen LogP contribution in [0.4, 0.5) is 18.9 Å². The van der Waals surface area contributed by atoms with Gasteiger partial charge in [-0.2, -0.15) is 13.2 Å². The van der Waals surface area contributed by atoms with Gasteiger partial charge in [0.25, 0.3) is 5.91 Å². The second-order valence-electron chi connectivity index (χ2n) is 6.14. The van der Waals surface area contributed by atoms with Gasteiger partial charge in [-0.1, -0.05) is 11.6 Å². The average molecular weight is 456 g/mol. The Bertz CT molecular complexity index is 1190. The van der Waals surface area contributed by atoms with Crippen molar-refractivity contribution in [2.24, 2.45) is 0 Å². The molecule has 1 aromatic heterocycles. The molecule has 0 aliphatic carbocycles. The van der Waals surface area contributed by atoms with Crippen LogP contribution in [0.2, 0.25) is 5.02 Å². The molecule has 0 aliphatic heterocycles. The highest BCUT2D eigenvalue weighted by Gasteiger charge is 2.34. The summed E-state index contributed by atoms with van der Waals surface area (Å²) in [6, 6.07) is 10.2. The molecular formula is C20H13ClF3NO6. The molecule has 0 fully saturated rings. The number of hydrogen-bond acceptors (Lipinski definition) is 6. The molecule has 3 rings (SSSR count). The molecule has 2 aromatic carbocycles. The van der Waals surface area contributed by atoms with Gasteiger partial charge in [-0.15, -0.1) is 0 Å². The monoisotopic (exact) mass is 455 g/mol. The Labute approximate surface area is 177 Å². The van der Waals surface area contributed by atoms with E-state index in [0.717, 1.165) is 6.07 Å². The molecule has 11 heteroatoms. The van der Waals surface area contributed by atoms with Crippen molar-refractivity contribution in [2.45, 2.75) is 6.18 Å². The summed E-state index contributed by atoms with van der Waals surface area (Å²) in [5.74, 6) is -1.70. The fourth-order valence-electron chi connectivity index (χ4n) is 2.51. The summed E-state index contributed by atoms with van der Waals surface area (Å²) in [7, 11) is 0. The number of rotatable bonds is 6. The van der Waals surface area contributed by atoms with Gasteiger partial charge in [0.15, 0.2) is 13.2 Å². The zero-order valence-corrected chi connectivity index (χ0v) is 16.3. The summed E-state index contributed by atoms with van der Waals surface area (Å²) < 4.78 is 54.0. The first-order valence-corrected chi connectivity index (χ1v) is 8.98. The number of anilines is 1. The van der Waals surface area contributed by atoms with Crippen molar-refractivity contribution in [2.75, 3.05) is 18.5 Å². The van der Waals surface area contributed by atoms with Crippen LogP contribution in [-0.4, -0.2) is 25.1 Å². The lowest BCUT2D eigenvalue weighted by molar-refractivity contribution is -0.149. The van der Waals surface area contributed by atoms with Crippen molar-refractivity contribution in [1.82, 2.24) is 0 Å². The van der Waals surface area contributed by atoms with Crippen molar-refractivity contribution < 1.29 is 36.7 Å². The highest BCUT2D eigenvalue weighted by Crippen LogP contribution is 2.36. The number of carbonyl (C=O) groups excluding carboxylic acids is 2. The van der Waals surface area contributed by atoms with Crippen molar-refractivity contribution in [3.8, 4) is 5.75 Å². The Kier molecular flexibility index (Phi) is 6.50. The van der Waals surface area contributed by atoms with Gasteiger partial charge in [-0.05, 0) is 36.4 Å². The molecule has 0 atom stereocenters. The average Bonchev–Trinajstić information content (AvgIpc) is 2.71. The normalized spacial score (nSPS) is 11.2. The summed E-state index contributed by atoms with van der Waals surface area (Å²) >= 11 is 5.57. The van der Waals surface area contributed by atoms with Crippen molar-refractivity contribution in [3.63, 3.8) is 0 Å². The summed E-state index contributed by atoms with van der Waals surface area (Å²) in [5, 5.41) is 2.52. The number of nitrogens with one attached hydrogen (secondary N) is 1. The first-order valence-electron chi connectivity index (χ1n) is 8.61. The third kappa shape index (κ3) is 5.98. The van der Waals surface area contributed by atoms with E-state index in [1.54, 1.807) is 12.1 Å². The van der Waals surface area contributed by atoms with Crippen LogP contribution < -0.4 is 15.7 Å². The zero-order chi connectivity index (χ0) is 22.6. The molecule has 0 spiro atoms. The first-order chi connectivity index (χ1) is 14.6. The minimum absolute atomic E-state index is 0.151. The van der Waals surface area contributed by atoms with Crippen molar-refractivity contribution >= 4 is 40.1 Å². The van der Waals surface area contributed by atoms with Crippen LogP contribution in [-0.2, 0) is 20.5 Å². The third-order valence-corrected chi connectivity index (χ3v) is 4.11. The van der Waals surface area contributed by atoms with Crippen LogP contribution in [0.5, 0.6) is 5.75 Å². The molecule has 1 heterocycles. The van der Waals surface area contributed by atoms with E-state index in [-0.39, 0.29) is 16.4 Å². The number of hydrogen-bond donors (Lipinski definition) is 1. The summed E-state index contributed by atoms with van der Waals surface area (Å²) in [5.41, 5.74) is -1.96. The van der Waals surface area contributed by atoms with Crippen molar-refractivity contribution in [3.05, 3.63) is 69.5 Å². The SMILES string of the molecule is O=C(COC(=O)COc1ccc2ccc(=O)oc2c1)Nc1ccc(Cl)cc1C(F)(F)F. The van der Waals surface area contributed by atoms with Gasteiger partial charge < -0.3 is 19.2 Å². The lowest BCUT2D eigenvalue weighted by Gasteiger charge is -2.14. The van der Waals surface area contributed by atoms with E-state index in [2.05, 4.69) is 0 Å². The molecule has 1 amide bonds. The van der Waals surface area contributed by atoms with Gasteiger partial charge >= 0.3 is 17.8 Å². The van der Waals surface area contributed by atoms with Crippen LogP contribution in [0.15, 0.2) is 57.7 Å². The predicted octanol–water partition coefficient (Wildman–Crippen LogP) is 4.03. The lowest BCUT2D eigenvalue weighted by Crippen LogP contribution is -2.24. The minimum Gasteiger partial charge on any atom is -0.482 e. The molecule has 0 aliphatic rings. The Balaban J connectivity index is 1.53. The Morgan fingerprint density at radius 3 is 2.52 bits per heavy atom. The maximum absolute atomic E-state index is 13.0. The Hall–Kier alpha value is -3.53. The zero-order valence-electron chi connectivity index (χ0n) is 15.5. The van der Waals surface area contributed by atoms with E-state index in [4.69, 9.17) is 25.5 Å². The van der Waals surface area contributed by atoms with Gasteiger partial charge in [0, 0.05) is 22.5 Å². The smallest absolute Gasteiger partial charge is 0.418 e. The number of ether oxygens (including phenoxy) is 2. The van der Waals surface area contributed by atoms with E-state index in [0.29, 0.717) is 11.5 Å². The third-order valence-electron chi connectivity index (χ3n) is 3.88. The summed E-state index contributed by atoms with van der Waals surface area (Å²) in [6.07, 6.45) is -4.74. The number of halogens is 4. The largest absolute Gasteiger partial charge is 0.482 e. The number of esters is 1. The second kappa shape index (κ2) is 9.09. The van der Waals surface area contributed by atoms with E-state index in [9.17, 15) is 27.6 Å². The van der Waals surface area contributed by atoms with Crippen LogP contribution in [0, 0.1) is 0 Å². The standard InChI is InChI=1S/C20H13ClF3NO6/c21-12-3-5-15(14(7-12)20(22,23)24)25-17(26)9-30-19(28)10-29-13-4-1-11-2-6-18(27)31-16(11)8-13/h1-8H,9-10H2,(H,25,26). The molecule has 0 saturated heterocycles. The van der Waals surface area contributed by atoms with Crippen LogP contribution in [0.3, 0.4) is 0 Å². The molecular weight excluding hydrogens is 443 g/mol. The van der Waals surface area contributed by atoms with Crippen LogP contribution in [0.1, 0.15) is 5.56 Å². The van der Waals surface area contributed by atoms with Crippen molar-refractivity contribution in [1.29, 1.82) is 0 Å². The quantitative estimate of drug-likeness (QED) is 0.445. The number of benzene rings is 2. The topological polar surface area (TPSA) is 94.8 Å². The van der Waals surface area contributed by atoms with Gasteiger partial charge in [0.2, 0.25) is 0 Å². The Morgan fingerprint density at radius 2 is 1.77 bits per heavy atom. The predicted molar refractivity (Wildman–Crippen MR) is 104 cm³/mol. The van der Waals surface area contributed by atoms with Gasteiger partial charge in [0.1, 0.15) is 11.3 Å². The highest BCUT2D eigenvalue weighted by atomic mass is 35.5.